The Bertz CT molecular complexity index is 667. The Hall–Kier alpha value is -1.50. The second-order valence-electron chi connectivity index (χ2n) is 4.48. The van der Waals surface area contributed by atoms with Gasteiger partial charge in [0.25, 0.3) is 12.3 Å². The Kier molecular flexibility index (Phi) is 4.32. The van der Waals surface area contributed by atoms with Crippen molar-refractivity contribution < 1.29 is 22.0 Å². The number of hydrogen-bond donors (Lipinski definition) is 0. The third-order valence-electron chi connectivity index (χ3n) is 2.82. The topological polar surface area (TPSA) is 12.9 Å². The van der Waals surface area contributed by atoms with Gasteiger partial charge in [0.2, 0.25) is 0 Å². The summed E-state index contributed by atoms with van der Waals surface area (Å²) in [6.07, 6.45) is -1.82. The number of rotatable bonds is 3. The van der Waals surface area contributed by atoms with Gasteiger partial charge in [-0.2, -0.15) is 8.78 Å². The zero-order chi connectivity index (χ0) is 15.8. The highest BCUT2D eigenvalue weighted by Gasteiger charge is 2.29. The molecule has 0 atom stereocenters. The second kappa shape index (κ2) is 5.71. The van der Waals surface area contributed by atoms with Gasteiger partial charge < -0.3 is 0 Å². The summed E-state index contributed by atoms with van der Waals surface area (Å²) in [5.74, 6) is -4.15. The maximum Gasteiger partial charge on any atom is 0.288 e. The van der Waals surface area contributed by atoms with E-state index < -0.39 is 29.4 Å². The molecule has 0 unspecified atom stereocenters. The fourth-order valence-corrected chi connectivity index (χ4v) is 2.51. The lowest BCUT2D eigenvalue weighted by Crippen LogP contribution is -2.10. The lowest BCUT2D eigenvalue weighted by Gasteiger charge is -2.13. The standard InChI is InChI=1S/C14H9BrF5N/c1-14(19,20)12-10(15)5-8(6-21-12)7-2-3-11(16)9(4-7)13(17)18/h2-6,13H,1H3. The highest BCUT2D eigenvalue weighted by Crippen LogP contribution is 2.34. The predicted octanol–water partition coefficient (Wildman–Crippen LogP) is 5.70. The van der Waals surface area contributed by atoms with E-state index in [1.165, 1.54) is 12.1 Å². The van der Waals surface area contributed by atoms with Crippen LogP contribution in [0, 0.1) is 5.82 Å². The maximum absolute atomic E-state index is 13.2. The van der Waals surface area contributed by atoms with Crippen molar-refractivity contribution in [3.63, 3.8) is 0 Å². The Morgan fingerprint density at radius 3 is 2.33 bits per heavy atom. The van der Waals surface area contributed by atoms with Crippen molar-refractivity contribution in [1.29, 1.82) is 0 Å². The highest BCUT2D eigenvalue weighted by atomic mass is 79.9. The van der Waals surface area contributed by atoms with E-state index in [4.69, 9.17) is 0 Å². The van der Waals surface area contributed by atoms with Crippen molar-refractivity contribution >= 4 is 15.9 Å². The molecular formula is C14H9BrF5N. The van der Waals surface area contributed by atoms with Crippen LogP contribution in [0.2, 0.25) is 0 Å². The molecule has 0 fully saturated rings. The van der Waals surface area contributed by atoms with Gasteiger partial charge in [-0.3, -0.25) is 4.98 Å². The normalized spacial score (nSPS) is 12.0. The summed E-state index contributed by atoms with van der Waals surface area (Å²) in [5.41, 5.74) is -0.599. The summed E-state index contributed by atoms with van der Waals surface area (Å²) in [7, 11) is 0. The Balaban J connectivity index is 2.49. The molecule has 0 bridgehead atoms. The molecule has 112 valence electrons. The van der Waals surface area contributed by atoms with Crippen LogP contribution in [-0.4, -0.2) is 4.98 Å². The first-order chi connectivity index (χ1) is 9.70. The molecule has 0 spiro atoms. The number of nitrogens with zero attached hydrogens (tertiary/aromatic N) is 1. The molecule has 0 saturated heterocycles. The molecule has 0 radical (unpaired) electrons. The van der Waals surface area contributed by atoms with Crippen LogP contribution in [0.1, 0.15) is 24.6 Å². The van der Waals surface area contributed by atoms with Gasteiger partial charge in [0.15, 0.2) is 0 Å². The highest BCUT2D eigenvalue weighted by molar-refractivity contribution is 9.10. The monoisotopic (exact) mass is 365 g/mol. The second-order valence-corrected chi connectivity index (χ2v) is 5.33. The van der Waals surface area contributed by atoms with Crippen molar-refractivity contribution in [2.75, 3.05) is 0 Å². The average molecular weight is 366 g/mol. The van der Waals surface area contributed by atoms with Crippen LogP contribution in [0.3, 0.4) is 0 Å². The first-order valence-electron chi connectivity index (χ1n) is 5.82. The smallest absolute Gasteiger partial charge is 0.253 e. The summed E-state index contributed by atoms with van der Waals surface area (Å²) >= 11 is 2.98. The van der Waals surface area contributed by atoms with Crippen molar-refractivity contribution in [3.05, 3.63) is 52.0 Å². The molecule has 0 N–H and O–H groups in total. The van der Waals surface area contributed by atoms with Crippen molar-refractivity contribution in [1.82, 2.24) is 4.98 Å². The van der Waals surface area contributed by atoms with Gasteiger partial charge in [0.1, 0.15) is 11.5 Å². The lowest BCUT2D eigenvalue weighted by molar-refractivity contribution is 0.0119. The zero-order valence-electron chi connectivity index (χ0n) is 10.7. The van der Waals surface area contributed by atoms with Crippen LogP contribution in [0.4, 0.5) is 22.0 Å². The minimum atomic E-state index is -3.13. The van der Waals surface area contributed by atoms with Crippen molar-refractivity contribution in [2.45, 2.75) is 19.3 Å². The Morgan fingerprint density at radius 2 is 1.81 bits per heavy atom. The number of halogens is 6. The molecule has 1 aromatic heterocycles. The van der Waals surface area contributed by atoms with E-state index in [1.807, 2.05) is 0 Å². The number of hydrogen-bond acceptors (Lipinski definition) is 1. The minimum absolute atomic E-state index is 0.0513. The van der Waals surface area contributed by atoms with Gasteiger partial charge >= 0.3 is 0 Å². The first-order valence-corrected chi connectivity index (χ1v) is 6.61. The van der Waals surface area contributed by atoms with Crippen molar-refractivity contribution in [2.24, 2.45) is 0 Å². The van der Waals surface area contributed by atoms with Crippen LogP contribution in [0.25, 0.3) is 11.1 Å². The van der Waals surface area contributed by atoms with Gasteiger partial charge in [0, 0.05) is 23.2 Å². The molecule has 0 saturated carbocycles. The van der Waals surface area contributed by atoms with E-state index >= 15 is 0 Å². The van der Waals surface area contributed by atoms with E-state index in [9.17, 15) is 22.0 Å². The van der Waals surface area contributed by atoms with E-state index in [0.717, 1.165) is 18.3 Å². The third-order valence-corrected chi connectivity index (χ3v) is 3.43. The third kappa shape index (κ3) is 3.40. The van der Waals surface area contributed by atoms with Crippen molar-refractivity contribution in [3.8, 4) is 11.1 Å². The molecule has 0 aliphatic heterocycles. The molecule has 0 aliphatic rings. The van der Waals surface area contributed by atoms with E-state index in [0.29, 0.717) is 12.5 Å². The number of alkyl halides is 4. The summed E-state index contributed by atoms with van der Waals surface area (Å²) in [6.45, 7) is 0.701. The van der Waals surface area contributed by atoms with Crippen LogP contribution in [0.15, 0.2) is 34.9 Å². The average Bonchev–Trinajstić information content (AvgIpc) is 2.37. The molecule has 7 heteroatoms. The van der Waals surface area contributed by atoms with Crippen LogP contribution >= 0.6 is 15.9 Å². The molecule has 0 amide bonds. The van der Waals surface area contributed by atoms with Crippen LogP contribution < -0.4 is 0 Å². The number of pyridine rings is 1. The number of benzene rings is 1. The lowest BCUT2D eigenvalue weighted by atomic mass is 10.0. The number of aromatic nitrogens is 1. The molecule has 0 aliphatic carbocycles. The molecule has 1 aromatic carbocycles. The predicted molar refractivity (Wildman–Crippen MR) is 71.9 cm³/mol. The molecule has 2 aromatic rings. The Labute approximate surface area is 125 Å². The largest absolute Gasteiger partial charge is 0.288 e. The van der Waals surface area contributed by atoms with Crippen LogP contribution in [-0.2, 0) is 5.92 Å². The molecule has 1 nitrogen and oxygen atoms in total. The fraction of sp³-hybridized carbons (Fsp3) is 0.214. The first kappa shape index (κ1) is 15.9. The minimum Gasteiger partial charge on any atom is -0.253 e. The molecule has 21 heavy (non-hydrogen) atoms. The van der Waals surface area contributed by atoms with Gasteiger partial charge in [-0.1, -0.05) is 6.07 Å². The van der Waals surface area contributed by atoms with E-state index in [-0.39, 0.29) is 10.0 Å². The van der Waals surface area contributed by atoms with E-state index in [1.54, 1.807) is 0 Å². The molecule has 2 rings (SSSR count). The summed E-state index contributed by atoms with van der Waals surface area (Å²) in [4.78, 5) is 3.64. The van der Waals surface area contributed by atoms with Crippen LogP contribution in [0.5, 0.6) is 0 Å². The van der Waals surface area contributed by atoms with Gasteiger partial charge in [-0.15, -0.1) is 0 Å². The van der Waals surface area contributed by atoms with E-state index in [2.05, 4.69) is 20.9 Å². The van der Waals surface area contributed by atoms with Gasteiger partial charge in [0.05, 0.1) is 5.56 Å². The quantitative estimate of drug-likeness (QED) is 0.635. The summed E-state index contributed by atoms with van der Waals surface area (Å²) in [5, 5.41) is 0. The summed E-state index contributed by atoms with van der Waals surface area (Å²) < 4.78 is 65.1. The zero-order valence-corrected chi connectivity index (χ0v) is 12.3. The van der Waals surface area contributed by atoms with Gasteiger partial charge in [-0.25, -0.2) is 13.2 Å². The molecular weight excluding hydrogens is 357 g/mol. The Morgan fingerprint density at radius 1 is 1.14 bits per heavy atom. The maximum atomic E-state index is 13.2. The van der Waals surface area contributed by atoms with Gasteiger partial charge in [-0.05, 0) is 39.7 Å². The molecule has 1 heterocycles. The SMILES string of the molecule is CC(F)(F)c1ncc(-c2ccc(F)c(C(F)F)c2)cc1Br. The fourth-order valence-electron chi connectivity index (χ4n) is 1.81. The summed E-state index contributed by atoms with van der Waals surface area (Å²) in [6, 6.07) is 4.51.